The van der Waals surface area contributed by atoms with Gasteiger partial charge in [0, 0.05) is 11.6 Å². The van der Waals surface area contributed by atoms with Crippen molar-refractivity contribution in [2.45, 2.75) is 44.4 Å². The quantitative estimate of drug-likeness (QED) is 0.518. The molecular weight excluding hydrogens is 458 g/mol. The van der Waals surface area contributed by atoms with Gasteiger partial charge in [-0.25, -0.2) is 8.78 Å². The van der Waals surface area contributed by atoms with Crippen LogP contribution in [0.5, 0.6) is 0 Å². The highest BCUT2D eigenvalue weighted by molar-refractivity contribution is 6.00. The van der Waals surface area contributed by atoms with E-state index in [-0.39, 0.29) is 35.5 Å². The molecule has 3 aromatic rings. The Morgan fingerprint density at radius 3 is 2.63 bits per heavy atom. The number of anilines is 1. The minimum atomic E-state index is -0.971. The SMILES string of the molecule is COC(=O)C1CC12CCC(c1ccc(NC(=O)c3nnc(Cc4ccc(F)c(F)c4)o3)cn1)CC2. The molecule has 2 aliphatic carbocycles. The van der Waals surface area contributed by atoms with Crippen LogP contribution >= 0.6 is 0 Å². The van der Waals surface area contributed by atoms with Gasteiger partial charge in [-0.1, -0.05) is 6.07 Å². The molecule has 1 amide bonds. The number of nitrogens with one attached hydrogen (secondary N) is 1. The first-order valence-corrected chi connectivity index (χ1v) is 11.5. The summed E-state index contributed by atoms with van der Waals surface area (Å²) in [4.78, 5) is 28.8. The highest BCUT2D eigenvalue weighted by Gasteiger charge is 2.59. The standard InChI is InChI=1S/C25H24F2N4O4/c1-34-24(33)17-12-25(17)8-6-15(7-9-25)20-5-3-16(13-28-20)29-22(32)23-31-30-21(35-23)11-14-2-4-18(26)19(27)10-14/h2-5,10,13,15,17H,6-9,11-12H2,1H3,(H,29,32). The summed E-state index contributed by atoms with van der Waals surface area (Å²) in [6.45, 7) is 0. The Bertz CT molecular complexity index is 1250. The van der Waals surface area contributed by atoms with Crippen LogP contribution in [0.25, 0.3) is 0 Å². The van der Waals surface area contributed by atoms with Crippen LogP contribution in [-0.2, 0) is 16.0 Å². The topological polar surface area (TPSA) is 107 Å². The normalized spacial score (nSPS) is 23.2. The highest BCUT2D eigenvalue weighted by atomic mass is 19.2. The van der Waals surface area contributed by atoms with Crippen molar-refractivity contribution in [3.8, 4) is 0 Å². The summed E-state index contributed by atoms with van der Waals surface area (Å²) in [5, 5.41) is 10.2. The van der Waals surface area contributed by atoms with Gasteiger partial charge in [0.15, 0.2) is 11.6 Å². The number of halogens is 2. The molecule has 2 heterocycles. The van der Waals surface area contributed by atoms with Crippen molar-refractivity contribution in [2.24, 2.45) is 11.3 Å². The maximum absolute atomic E-state index is 13.4. The summed E-state index contributed by atoms with van der Waals surface area (Å²) < 4.78 is 36.7. The molecule has 2 fully saturated rings. The zero-order chi connectivity index (χ0) is 24.6. The fraction of sp³-hybridized carbons (Fsp3) is 0.400. The number of rotatable bonds is 6. The highest BCUT2D eigenvalue weighted by Crippen LogP contribution is 2.63. The molecule has 0 saturated heterocycles. The molecule has 0 bridgehead atoms. The Labute approximate surface area is 200 Å². The number of esters is 1. The number of nitrogens with zero attached hydrogens (tertiary/aromatic N) is 3. The number of amides is 1. The Morgan fingerprint density at radius 1 is 1.14 bits per heavy atom. The van der Waals surface area contributed by atoms with Crippen molar-refractivity contribution in [1.29, 1.82) is 0 Å². The summed E-state index contributed by atoms with van der Waals surface area (Å²) in [6.07, 6.45) is 6.48. The van der Waals surface area contributed by atoms with Crippen molar-refractivity contribution in [1.82, 2.24) is 15.2 Å². The van der Waals surface area contributed by atoms with Gasteiger partial charge in [-0.05, 0) is 67.3 Å². The Morgan fingerprint density at radius 2 is 1.94 bits per heavy atom. The first-order valence-electron chi connectivity index (χ1n) is 11.5. The first-order chi connectivity index (χ1) is 16.9. The third-order valence-electron chi connectivity index (χ3n) is 7.12. The average molecular weight is 482 g/mol. The second kappa shape index (κ2) is 9.16. The third kappa shape index (κ3) is 4.78. The number of hydrogen-bond acceptors (Lipinski definition) is 7. The lowest BCUT2D eigenvalue weighted by Crippen LogP contribution is -2.20. The molecule has 1 spiro atoms. The molecule has 1 N–H and O–H groups in total. The molecular formula is C25H24F2N4O4. The predicted molar refractivity (Wildman–Crippen MR) is 119 cm³/mol. The fourth-order valence-electron chi connectivity index (χ4n) is 5.01. The second-order valence-electron chi connectivity index (χ2n) is 9.27. The fourth-order valence-corrected chi connectivity index (χ4v) is 5.01. The molecule has 10 heteroatoms. The molecule has 8 nitrogen and oxygen atoms in total. The summed E-state index contributed by atoms with van der Waals surface area (Å²) in [5.41, 5.74) is 2.00. The van der Waals surface area contributed by atoms with Crippen molar-refractivity contribution >= 4 is 17.6 Å². The van der Waals surface area contributed by atoms with Crippen molar-refractivity contribution in [2.75, 3.05) is 12.4 Å². The maximum atomic E-state index is 13.4. The molecule has 0 radical (unpaired) electrons. The molecule has 1 atom stereocenters. The first kappa shape index (κ1) is 23.1. The van der Waals surface area contributed by atoms with Crippen LogP contribution in [0.15, 0.2) is 40.9 Å². The van der Waals surface area contributed by atoms with Crippen LogP contribution in [-0.4, -0.2) is 34.2 Å². The molecule has 0 aliphatic heterocycles. The van der Waals surface area contributed by atoms with Crippen LogP contribution < -0.4 is 5.32 Å². The van der Waals surface area contributed by atoms with E-state index in [1.54, 1.807) is 12.3 Å². The summed E-state index contributed by atoms with van der Waals surface area (Å²) in [7, 11) is 1.44. The lowest BCUT2D eigenvalue weighted by Gasteiger charge is -2.28. The minimum Gasteiger partial charge on any atom is -0.469 e. The van der Waals surface area contributed by atoms with Crippen molar-refractivity contribution in [3.63, 3.8) is 0 Å². The smallest absolute Gasteiger partial charge is 0.313 e. The van der Waals surface area contributed by atoms with E-state index in [0.717, 1.165) is 49.9 Å². The molecule has 2 saturated carbocycles. The van der Waals surface area contributed by atoms with Gasteiger partial charge in [-0.2, -0.15) is 0 Å². The van der Waals surface area contributed by atoms with E-state index in [0.29, 0.717) is 17.2 Å². The molecule has 1 aromatic carbocycles. The summed E-state index contributed by atoms with van der Waals surface area (Å²) in [5.74, 6) is -2.38. The number of pyridine rings is 1. The van der Waals surface area contributed by atoms with E-state index < -0.39 is 17.5 Å². The minimum absolute atomic E-state index is 0.0427. The van der Waals surface area contributed by atoms with Gasteiger partial charge in [0.1, 0.15) is 0 Å². The van der Waals surface area contributed by atoms with Crippen molar-refractivity contribution < 1.29 is 27.5 Å². The number of ether oxygens (including phenoxy) is 1. The van der Waals surface area contributed by atoms with Gasteiger partial charge in [-0.15, -0.1) is 10.2 Å². The number of methoxy groups -OCH3 is 1. The Kier molecular flexibility index (Phi) is 6.04. The largest absolute Gasteiger partial charge is 0.469 e. The van der Waals surface area contributed by atoms with Gasteiger partial charge >= 0.3 is 17.8 Å². The lowest BCUT2D eigenvalue weighted by atomic mass is 9.77. The van der Waals surface area contributed by atoms with Gasteiger partial charge in [0.05, 0.1) is 31.3 Å². The zero-order valence-electron chi connectivity index (χ0n) is 19.1. The monoisotopic (exact) mass is 482 g/mol. The van der Waals surface area contributed by atoms with Crippen LogP contribution in [0.3, 0.4) is 0 Å². The van der Waals surface area contributed by atoms with Crippen LogP contribution in [0.1, 0.15) is 65.9 Å². The van der Waals surface area contributed by atoms with Crippen LogP contribution in [0.4, 0.5) is 14.5 Å². The summed E-state index contributed by atoms with van der Waals surface area (Å²) in [6, 6.07) is 7.13. The Hall–Kier alpha value is -3.69. The van der Waals surface area contributed by atoms with E-state index in [9.17, 15) is 18.4 Å². The van der Waals surface area contributed by atoms with Gasteiger partial charge in [-0.3, -0.25) is 14.6 Å². The number of carbonyl (C=O) groups excluding carboxylic acids is 2. The van der Waals surface area contributed by atoms with Crippen molar-refractivity contribution in [3.05, 3.63) is 71.2 Å². The predicted octanol–water partition coefficient (Wildman–Crippen LogP) is 4.42. The molecule has 5 rings (SSSR count). The van der Waals surface area contributed by atoms with E-state index in [2.05, 4.69) is 20.5 Å². The summed E-state index contributed by atoms with van der Waals surface area (Å²) >= 11 is 0. The molecule has 1 unspecified atom stereocenters. The number of aromatic nitrogens is 3. The number of carbonyl (C=O) groups is 2. The molecule has 35 heavy (non-hydrogen) atoms. The number of benzene rings is 1. The zero-order valence-corrected chi connectivity index (χ0v) is 19.1. The van der Waals surface area contributed by atoms with E-state index in [1.807, 2.05) is 6.07 Å². The molecule has 2 aliphatic rings. The van der Waals surface area contributed by atoms with E-state index in [1.165, 1.54) is 13.2 Å². The van der Waals surface area contributed by atoms with Crippen LogP contribution in [0, 0.1) is 23.0 Å². The van der Waals surface area contributed by atoms with Gasteiger partial charge < -0.3 is 14.5 Å². The molecule has 2 aromatic heterocycles. The van der Waals surface area contributed by atoms with E-state index in [4.69, 9.17) is 9.15 Å². The maximum Gasteiger partial charge on any atom is 0.313 e. The molecule has 182 valence electrons. The van der Waals surface area contributed by atoms with Crippen LogP contribution in [0.2, 0.25) is 0 Å². The lowest BCUT2D eigenvalue weighted by molar-refractivity contribution is -0.143. The van der Waals surface area contributed by atoms with E-state index >= 15 is 0 Å². The third-order valence-corrected chi connectivity index (χ3v) is 7.12. The van der Waals surface area contributed by atoms with Gasteiger partial charge in [0.25, 0.3) is 0 Å². The Balaban J connectivity index is 1.15. The average Bonchev–Trinajstić information content (AvgIpc) is 3.35. The second-order valence-corrected chi connectivity index (χ2v) is 9.27. The number of hydrogen-bond donors (Lipinski definition) is 1. The van der Waals surface area contributed by atoms with Gasteiger partial charge in [0.2, 0.25) is 5.89 Å².